The van der Waals surface area contributed by atoms with Crippen molar-refractivity contribution in [2.45, 2.75) is 73.8 Å². The van der Waals surface area contributed by atoms with E-state index in [9.17, 15) is 14.4 Å². The molecular weight excluding hydrogens is 364 g/mol. The lowest BCUT2D eigenvalue weighted by Crippen LogP contribution is -2.39. The molecule has 0 spiro atoms. The number of esters is 1. The summed E-state index contributed by atoms with van der Waals surface area (Å²) in [6, 6.07) is 0. The van der Waals surface area contributed by atoms with Gasteiger partial charge in [-0.25, -0.2) is 0 Å². The minimum absolute atomic E-state index is 0.0132. The molecule has 0 heterocycles. The molecule has 0 saturated carbocycles. The number of ketones is 2. The standard InChI is InChI=1S/C25H34O4/c1-8-17(2)10-9-11-18(3)12-14-21-20(5)24(28)22(16-25(21,6)7)29-23(27)15-13-19(4)26/h8-12,14,22H,13,15-16H2,1-7H3/b10-9?,14-12+,17-8?,18-11?. The lowest BCUT2D eigenvalue weighted by atomic mass is 9.71. The Morgan fingerprint density at radius 2 is 1.76 bits per heavy atom. The Labute approximate surface area is 175 Å². The summed E-state index contributed by atoms with van der Waals surface area (Å²) in [6.45, 7) is 13.4. The summed E-state index contributed by atoms with van der Waals surface area (Å²) in [4.78, 5) is 35.8. The van der Waals surface area contributed by atoms with Crippen LogP contribution in [0.3, 0.4) is 0 Å². The highest BCUT2D eigenvalue weighted by Crippen LogP contribution is 2.40. The van der Waals surface area contributed by atoms with E-state index in [1.807, 2.05) is 71.1 Å². The Kier molecular flexibility index (Phi) is 9.22. The van der Waals surface area contributed by atoms with Crippen molar-refractivity contribution in [3.63, 3.8) is 0 Å². The average molecular weight is 399 g/mol. The Bertz CT molecular complexity index is 801. The summed E-state index contributed by atoms with van der Waals surface area (Å²) in [7, 11) is 0. The largest absolute Gasteiger partial charge is 0.454 e. The van der Waals surface area contributed by atoms with Gasteiger partial charge in [0.15, 0.2) is 11.9 Å². The molecule has 4 nitrogen and oxygen atoms in total. The highest BCUT2D eigenvalue weighted by molar-refractivity contribution is 6.01. The molecule has 0 bridgehead atoms. The van der Waals surface area contributed by atoms with Crippen LogP contribution in [0, 0.1) is 5.41 Å². The van der Waals surface area contributed by atoms with Crippen molar-refractivity contribution in [1.29, 1.82) is 0 Å². The zero-order valence-electron chi connectivity index (χ0n) is 18.8. The number of carbonyl (C=O) groups excluding carboxylic acids is 3. The Morgan fingerprint density at radius 3 is 2.34 bits per heavy atom. The van der Waals surface area contributed by atoms with E-state index < -0.39 is 12.1 Å². The van der Waals surface area contributed by atoms with Crippen LogP contribution in [0.2, 0.25) is 0 Å². The van der Waals surface area contributed by atoms with Gasteiger partial charge in [-0.2, -0.15) is 0 Å². The number of hydrogen-bond acceptors (Lipinski definition) is 4. The second-order valence-corrected chi connectivity index (χ2v) is 8.31. The van der Waals surface area contributed by atoms with Crippen molar-refractivity contribution in [3.8, 4) is 0 Å². The number of rotatable bonds is 8. The van der Waals surface area contributed by atoms with Gasteiger partial charge in [0.25, 0.3) is 0 Å². The molecule has 0 N–H and O–H groups in total. The lowest BCUT2D eigenvalue weighted by molar-refractivity contribution is -0.156. The molecule has 0 aliphatic heterocycles. The molecule has 1 aliphatic rings. The maximum absolute atomic E-state index is 12.8. The topological polar surface area (TPSA) is 60.4 Å². The van der Waals surface area contributed by atoms with Gasteiger partial charge < -0.3 is 9.53 Å². The number of carbonyl (C=O) groups is 3. The summed E-state index contributed by atoms with van der Waals surface area (Å²) in [6.07, 6.45) is 11.9. The number of Topliss-reactive ketones (excluding diaryl/α,β-unsaturated/α-hetero) is 2. The van der Waals surface area contributed by atoms with E-state index in [1.54, 1.807) is 6.92 Å². The van der Waals surface area contributed by atoms with Gasteiger partial charge >= 0.3 is 5.97 Å². The van der Waals surface area contributed by atoms with Gasteiger partial charge in [0, 0.05) is 12.8 Å². The third-order valence-corrected chi connectivity index (χ3v) is 5.13. The molecular formula is C25H34O4. The van der Waals surface area contributed by atoms with Gasteiger partial charge in [0.2, 0.25) is 0 Å². The minimum atomic E-state index is -0.787. The van der Waals surface area contributed by atoms with Gasteiger partial charge in [0.05, 0.1) is 6.42 Å². The SMILES string of the molecule is CC=C(C)C=CC=C(C)/C=C/C1=C(C)C(=O)C(OC(=O)CCC(C)=O)CC1(C)C. The molecule has 0 fully saturated rings. The molecule has 1 rings (SSSR count). The summed E-state index contributed by atoms with van der Waals surface area (Å²) in [5.74, 6) is -0.728. The Hall–Kier alpha value is -2.49. The van der Waals surface area contributed by atoms with Crippen molar-refractivity contribution in [2.24, 2.45) is 5.41 Å². The van der Waals surface area contributed by atoms with Crippen LogP contribution in [-0.4, -0.2) is 23.6 Å². The number of ether oxygens (including phenoxy) is 1. The fourth-order valence-electron chi connectivity index (χ4n) is 3.21. The summed E-state index contributed by atoms with van der Waals surface area (Å²) >= 11 is 0. The molecule has 1 aliphatic carbocycles. The van der Waals surface area contributed by atoms with E-state index in [-0.39, 0.29) is 29.8 Å². The molecule has 0 saturated heterocycles. The van der Waals surface area contributed by atoms with Gasteiger partial charge in [-0.1, -0.05) is 61.4 Å². The molecule has 1 atom stereocenters. The fourth-order valence-corrected chi connectivity index (χ4v) is 3.21. The normalized spacial score (nSPS) is 20.7. The van der Waals surface area contributed by atoms with E-state index in [2.05, 4.69) is 0 Å². The van der Waals surface area contributed by atoms with Crippen LogP contribution in [-0.2, 0) is 19.1 Å². The van der Waals surface area contributed by atoms with Gasteiger partial charge in [-0.05, 0) is 51.2 Å². The van der Waals surface area contributed by atoms with Gasteiger partial charge in [-0.15, -0.1) is 0 Å². The maximum atomic E-state index is 12.8. The minimum Gasteiger partial charge on any atom is -0.454 e. The number of hydrogen-bond donors (Lipinski definition) is 0. The van der Waals surface area contributed by atoms with Crippen molar-refractivity contribution >= 4 is 17.5 Å². The first-order chi connectivity index (χ1) is 13.5. The number of allylic oxidation sites excluding steroid dienone is 9. The molecule has 0 radical (unpaired) electrons. The highest BCUT2D eigenvalue weighted by Gasteiger charge is 2.39. The van der Waals surface area contributed by atoms with E-state index in [1.165, 1.54) is 12.5 Å². The molecule has 158 valence electrons. The predicted molar refractivity (Wildman–Crippen MR) is 117 cm³/mol. The molecule has 0 aromatic carbocycles. The summed E-state index contributed by atoms with van der Waals surface area (Å²) < 4.78 is 5.40. The van der Waals surface area contributed by atoms with E-state index in [0.717, 1.165) is 11.1 Å². The monoisotopic (exact) mass is 398 g/mol. The van der Waals surface area contributed by atoms with Crippen LogP contribution < -0.4 is 0 Å². The van der Waals surface area contributed by atoms with Crippen molar-refractivity contribution in [2.75, 3.05) is 0 Å². The summed E-state index contributed by atoms with van der Waals surface area (Å²) in [5.41, 5.74) is 3.54. The molecule has 4 heteroatoms. The zero-order chi connectivity index (χ0) is 22.2. The first kappa shape index (κ1) is 24.5. The molecule has 0 aromatic rings. The molecule has 0 aromatic heterocycles. The third kappa shape index (κ3) is 7.80. The van der Waals surface area contributed by atoms with Gasteiger partial charge in [0.1, 0.15) is 5.78 Å². The van der Waals surface area contributed by atoms with E-state index >= 15 is 0 Å². The van der Waals surface area contributed by atoms with E-state index in [0.29, 0.717) is 12.0 Å². The first-order valence-corrected chi connectivity index (χ1v) is 10.1. The van der Waals surface area contributed by atoms with Gasteiger partial charge in [-0.3, -0.25) is 9.59 Å². The van der Waals surface area contributed by atoms with Crippen LogP contribution >= 0.6 is 0 Å². The Morgan fingerprint density at radius 1 is 1.10 bits per heavy atom. The quantitative estimate of drug-likeness (QED) is 0.394. The lowest BCUT2D eigenvalue weighted by Gasteiger charge is -2.36. The van der Waals surface area contributed by atoms with Crippen LogP contribution in [0.5, 0.6) is 0 Å². The summed E-state index contributed by atoms with van der Waals surface area (Å²) in [5, 5.41) is 0. The smallest absolute Gasteiger partial charge is 0.306 e. The second kappa shape index (κ2) is 10.9. The second-order valence-electron chi connectivity index (χ2n) is 8.31. The molecule has 29 heavy (non-hydrogen) atoms. The van der Waals surface area contributed by atoms with Crippen molar-refractivity contribution < 1.29 is 19.1 Å². The van der Waals surface area contributed by atoms with Crippen molar-refractivity contribution in [3.05, 3.63) is 58.7 Å². The van der Waals surface area contributed by atoms with Crippen molar-refractivity contribution in [1.82, 2.24) is 0 Å². The van der Waals surface area contributed by atoms with Crippen LogP contribution in [0.4, 0.5) is 0 Å². The maximum Gasteiger partial charge on any atom is 0.306 e. The predicted octanol–water partition coefficient (Wildman–Crippen LogP) is 5.61. The molecule has 0 amide bonds. The zero-order valence-corrected chi connectivity index (χ0v) is 18.8. The highest BCUT2D eigenvalue weighted by atomic mass is 16.5. The van der Waals surface area contributed by atoms with Crippen LogP contribution in [0.25, 0.3) is 0 Å². The van der Waals surface area contributed by atoms with Crippen LogP contribution in [0.1, 0.15) is 67.7 Å². The average Bonchev–Trinajstić information content (AvgIpc) is 2.63. The van der Waals surface area contributed by atoms with E-state index in [4.69, 9.17) is 4.74 Å². The van der Waals surface area contributed by atoms with Crippen LogP contribution in [0.15, 0.2) is 58.7 Å². The fraction of sp³-hybridized carbons (Fsp3) is 0.480. The first-order valence-electron chi connectivity index (χ1n) is 10.1. The molecule has 1 unspecified atom stereocenters. The Balaban J connectivity index is 2.96. The third-order valence-electron chi connectivity index (χ3n) is 5.13.